The van der Waals surface area contributed by atoms with Gasteiger partial charge in [-0.1, -0.05) is 45.7 Å². The number of para-hydroxylation sites is 1. The van der Waals surface area contributed by atoms with E-state index in [9.17, 15) is 9.59 Å². The second-order valence-electron chi connectivity index (χ2n) is 8.34. The van der Waals surface area contributed by atoms with E-state index >= 15 is 0 Å². The molecule has 9 heteroatoms. The minimum Gasteiger partial charge on any atom is -0.335 e. The van der Waals surface area contributed by atoms with Crippen LogP contribution in [0.15, 0.2) is 81.1 Å². The van der Waals surface area contributed by atoms with Gasteiger partial charge >= 0.3 is 0 Å². The third-order valence-electron chi connectivity index (χ3n) is 5.98. The molecule has 180 valence electrons. The molecule has 36 heavy (non-hydrogen) atoms. The number of hydrogen-bond acceptors (Lipinski definition) is 4. The maximum absolute atomic E-state index is 13.1. The standard InChI is InChI=1S/C27H21BrClN5O2/c1-16-23(14-30-34-17(2)31-24-12-7-18(28)13-22(24)27(34)36)21-5-3-4-6-25(21)33(16)15-26(35)32-20-10-8-19(29)9-11-20/h3-14H,15H2,1-2H3,(H,32,35). The van der Waals surface area contributed by atoms with Gasteiger partial charge in [0.05, 0.1) is 17.1 Å². The van der Waals surface area contributed by atoms with Crippen LogP contribution in [0.5, 0.6) is 0 Å². The number of amides is 1. The first-order valence-corrected chi connectivity index (χ1v) is 12.4. The first kappa shape index (κ1) is 24.0. The van der Waals surface area contributed by atoms with E-state index in [1.54, 1.807) is 49.5 Å². The number of benzene rings is 3. The Bertz CT molecular complexity index is 1720. The molecule has 0 fully saturated rings. The van der Waals surface area contributed by atoms with Crippen LogP contribution < -0.4 is 10.9 Å². The van der Waals surface area contributed by atoms with Gasteiger partial charge in [-0.25, -0.2) is 4.98 Å². The molecule has 2 heterocycles. The molecule has 2 aromatic heterocycles. The summed E-state index contributed by atoms with van der Waals surface area (Å²) in [6.07, 6.45) is 1.66. The molecule has 0 atom stereocenters. The number of rotatable bonds is 5. The number of aromatic nitrogens is 3. The summed E-state index contributed by atoms with van der Waals surface area (Å²) >= 11 is 9.35. The number of hydrogen-bond donors (Lipinski definition) is 1. The van der Waals surface area contributed by atoms with Crippen LogP contribution in [0.1, 0.15) is 17.1 Å². The topological polar surface area (TPSA) is 81.3 Å². The minimum atomic E-state index is -0.251. The fourth-order valence-corrected chi connectivity index (χ4v) is 4.70. The number of aryl methyl sites for hydroxylation is 1. The Hall–Kier alpha value is -3.75. The Balaban J connectivity index is 1.52. The number of nitrogens with zero attached hydrogens (tertiary/aromatic N) is 4. The highest BCUT2D eigenvalue weighted by atomic mass is 79.9. The maximum Gasteiger partial charge on any atom is 0.282 e. The highest BCUT2D eigenvalue weighted by Crippen LogP contribution is 2.25. The van der Waals surface area contributed by atoms with Crippen molar-refractivity contribution >= 4 is 67.1 Å². The average molecular weight is 563 g/mol. The molecular formula is C27H21BrClN5O2. The molecule has 3 aromatic carbocycles. The van der Waals surface area contributed by atoms with E-state index in [2.05, 4.69) is 31.3 Å². The normalized spacial score (nSPS) is 11.6. The second kappa shape index (κ2) is 9.72. The van der Waals surface area contributed by atoms with Crippen LogP contribution in [0.25, 0.3) is 21.8 Å². The zero-order valence-corrected chi connectivity index (χ0v) is 21.8. The molecule has 5 aromatic rings. The maximum atomic E-state index is 13.1. The van der Waals surface area contributed by atoms with Crippen molar-refractivity contribution in [3.8, 4) is 0 Å². The van der Waals surface area contributed by atoms with E-state index in [1.165, 1.54) is 4.68 Å². The van der Waals surface area contributed by atoms with Crippen molar-refractivity contribution in [3.63, 3.8) is 0 Å². The lowest BCUT2D eigenvalue weighted by molar-refractivity contribution is -0.116. The van der Waals surface area contributed by atoms with Gasteiger partial charge in [-0.3, -0.25) is 9.59 Å². The summed E-state index contributed by atoms with van der Waals surface area (Å²) < 4.78 is 4.03. The Morgan fingerprint density at radius 2 is 1.83 bits per heavy atom. The van der Waals surface area contributed by atoms with Gasteiger partial charge in [0.2, 0.25) is 5.91 Å². The first-order valence-electron chi connectivity index (χ1n) is 11.2. The molecule has 0 aliphatic heterocycles. The SMILES string of the molecule is Cc1nc2ccc(Br)cc2c(=O)n1N=Cc1c(C)n(CC(=O)Nc2ccc(Cl)cc2)c2ccccc12. The van der Waals surface area contributed by atoms with E-state index in [1.807, 2.05) is 41.8 Å². The molecule has 1 amide bonds. The summed E-state index contributed by atoms with van der Waals surface area (Å²) in [7, 11) is 0. The van der Waals surface area contributed by atoms with E-state index in [4.69, 9.17) is 11.6 Å². The monoisotopic (exact) mass is 561 g/mol. The molecule has 0 saturated carbocycles. The number of carbonyl (C=O) groups is 1. The molecule has 5 rings (SSSR count). The van der Waals surface area contributed by atoms with Gasteiger partial charge in [-0.05, 0) is 62.4 Å². The van der Waals surface area contributed by atoms with Gasteiger partial charge in [0, 0.05) is 37.3 Å². The lowest BCUT2D eigenvalue weighted by atomic mass is 10.1. The van der Waals surface area contributed by atoms with Crippen molar-refractivity contribution in [3.05, 3.63) is 104 Å². The summed E-state index contributed by atoms with van der Waals surface area (Å²) in [5, 5.41) is 9.43. The van der Waals surface area contributed by atoms with Crippen molar-refractivity contribution in [1.29, 1.82) is 0 Å². The van der Waals surface area contributed by atoms with Crippen LogP contribution >= 0.6 is 27.5 Å². The fourth-order valence-electron chi connectivity index (χ4n) is 4.21. The molecular weight excluding hydrogens is 542 g/mol. The first-order chi connectivity index (χ1) is 17.3. The van der Waals surface area contributed by atoms with Crippen molar-refractivity contribution in [2.75, 3.05) is 5.32 Å². The molecule has 0 aliphatic rings. The van der Waals surface area contributed by atoms with E-state index in [0.29, 0.717) is 27.4 Å². The van der Waals surface area contributed by atoms with Gasteiger partial charge in [0.1, 0.15) is 12.4 Å². The molecule has 0 unspecified atom stereocenters. The van der Waals surface area contributed by atoms with Gasteiger partial charge in [0.25, 0.3) is 5.56 Å². The molecule has 0 aliphatic carbocycles. The summed E-state index contributed by atoms with van der Waals surface area (Å²) in [5.41, 5.74) is 3.61. The zero-order chi connectivity index (χ0) is 25.4. The Morgan fingerprint density at radius 3 is 2.61 bits per heavy atom. The van der Waals surface area contributed by atoms with Crippen molar-refractivity contribution < 1.29 is 4.79 Å². The van der Waals surface area contributed by atoms with Gasteiger partial charge in [-0.15, -0.1) is 0 Å². The lowest BCUT2D eigenvalue weighted by Gasteiger charge is -2.10. The highest BCUT2D eigenvalue weighted by molar-refractivity contribution is 9.10. The predicted molar refractivity (Wildman–Crippen MR) is 148 cm³/mol. The number of carbonyl (C=O) groups excluding carboxylic acids is 1. The number of anilines is 1. The van der Waals surface area contributed by atoms with Gasteiger partial charge in [-0.2, -0.15) is 9.78 Å². The van der Waals surface area contributed by atoms with Crippen molar-refractivity contribution in [2.45, 2.75) is 20.4 Å². The number of fused-ring (bicyclic) bond motifs is 2. The van der Waals surface area contributed by atoms with Crippen LogP contribution in [0.3, 0.4) is 0 Å². The van der Waals surface area contributed by atoms with Crippen LogP contribution in [-0.2, 0) is 11.3 Å². The zero-order valence-electron chi connectivity index (χ0n) is 19.5. The molecule has 0 spiro atoms. The molecule has 7 nitrogen and oxygen atoms in total. The fraction of sp³-hybridized carbons (Fsp3) is 0.111. The van der Waals surface area contributed by atoms with Crippen molar-refractivity contribution in [1.82, 2.24) is 14.2 Å². The Morgan fingerprint density at radius 1 is 1.08 bits per heavy atom. The second-order valence-corrected chi connectivity index (χ2v) is 9.69. The quantitative estimate of drug-likeness (QED) is 0.271. The third kappa shape index (κ3) is 4.57. The highest BCUT2D eigenvalue weighted by Gasteiger charge is 2.16. The lowest BCUT2D eigenvalue weighted by Crippen LogP contribution is -2.21. The smallest absolute Gasteiger partial charge is 0.282 e. The minimum absolute atomic E-state index is 0.118. The molecule has 0 saturated heterocycles. The summed E-state index contributed by atoms with van der Waals surface area (Å²) in [4.78, 5) is 30.5. The summed E-state index contributed by atoms with van der Waals surface area (Å²) in [6, 6.07) is 20.2. The van der Waals surface area contributed by atoms with Gasteiger partial charge in [0.15, 0.2) is 0 Å². The van der Waals surface area contributed by atoms with E-state index in [0.717, 1.165) is 26.6 Å². The van der Waals surface area contributed by atoms with E-state index in [-0.39, 0.29) is 18.0 Å². The molecule has 0 radical (unpaired) electrons. The summed E-state index contributed by atoms with van der Waals surface area (Å²) in [5.74, 6) is 0.316. The summed E-state index contributed by atoms with van der Waals surface area (Å²) in [6.45, 7) is 3.80. The van der Waals surface area contributed by atoms with Crippen molar-refractivity contribution in [2.24, 2.45) is 5.10 Å². The predicted octanol–water partition coefficient (Wildman–Crippen LogP) is 5.90. The molecule has 0 bridgehead atoms. The van der Waals surface area contributed by atoms with Gasteiger partial charge < -0.3 is 9.88 Å². The van der Waals surface area contributed by atoms with E-state index < -0.39 is 0 Å². The largest absolute Gasteiger partial charge is 0.335 e. The third-order valence-corrected chi connectivity index (χ3v) is 6.73. The Kier molecular flexibility index (Phi) is 6.47. The van der Waals surface area contributed by atoms with Crippen LogP contribution in [0.4, 0.5) is 5.69 Å². The van der Waals surface area contributed by atoms with Crippen LogP contribution in [-0.4, -0.2) is 26.3 Å². The number of nitrogens with one attached hydrogen (secondary N) is 1. The molecule has 1 N–H and O–H groups in total. The average Bonchev–Trinajstić information content (AvgIpc) is 3.12. The van der Waals surface area contributed by atoms with Crippen LogP contribution in [0, 0.1) is 13.8 Å². The number of halogens is 2. The Labute approximate surface area is 220 Å². The van der Waals surface area contributed by atoms with Crippen LogP contribution in [0.2, 0.25) is 5.02 Å².